The molecule has 6 nitrogen and oxygen atoms in total. The lowest BCUT2D eigenvalue weighted by molar-refractivity contribution is 0.00144. The van der Waals surface area contributed by atoms with Crippen LogP contribution >= 0.6 is 0 Å². The van der Waals surface area contributed by atoms with E-state index in [1.165, 1.54) is 57.1 Å². The molecule has 1 aromatic rings. The Bertz CT molecular complexity index is 503. The SMILES string of the molecule is CCN1CCN(C2CN(Cc3cnn4c3COCC4)C2)CC1. The van der Waals surface area contributed by atoms with Gasteiger partial charge in [-0.3, -0.25) is 14.5 Å². The normalized spacial score (nSPS) is 25.1. The Morgan fingerprint density at radius 3 is 2.73 bits per heavy atom. The number of likely N-dealkylation sites (N-methyl/N-ethyl adjacent to an activating group) is 1. The molecule has 4 rings (SSSR count). The Labute approximate surface area is 132 Å². The average molecular weight is 305 g/mol. The summed E-state index contributed by atoms with van der Waals surface area (Å²) in [4.78, 5) is 7.77. The van der Waals surface area contributed by atoms with Crippen LogP contribution in [0, 0.1) is 0 Å². The van der Waals surface area contributed by atoms with Gasteiger partial charge in [-0.15, -0.1) is 0 Å². The van der Waals surface area contributed by atoms with E-state index in [9.17, 15) is 0 Å². The third-order valence-corrected chi connectivity index (χ3v) is 5.42. The van der Waals surface area contributed by atoms with Gasteiger partial charge in [0.15, 0.2) is 0 Å². The fourth-order valence-corrected chi connectivity index (χ4v) is 3.85. The van der Waals surface area contributed by atoms with E-state index in [2.05, 4.69) is 31.4 Å². The van der Waals surface area contributed by atoms with Gasteiger partial charge in [-0.1, -0.05) is 6.92 Å². The van der Waals surface area contributed by atoms with E-state index in [1.54, 1.807) is 0 Å². The molecular formula is C16H27N5O. The minimum Gasteiger partial charge on any atom is -0.373 e. The molecule has 3 aliphatic heterocycles. The minimum absolute atomic E-state index is 0.728. The van der Waals surface area contributed by atoms with E-state index in [-0.39, 0.29) is 0 Å². The van der Waals surface area contributed by atoms with Crippen molar-refractivity contribution in [1.29, 1.82) is 0 Å². The summed E-state index contributed by atoms with van der Waals surface area (Å²) in [7, 11) is 0. The van der Waals surface area contributed by atoms with Crippen molar-refractivity contribution >= 4 is 0 Å². The van der Waals surface area contributed by atoms with Crippen LogP contribution in [0.25, 0.3) is 0 Å². The second-order valence-corrected chi connectivity index (χ2v) is 6.71. The van der Waals surface area contributed by atoms with Crippen LogP contribution in [0.4, 0.5) is 0 Å². The van der Waals surface area contributed by atoms with Gasteiger partial charge in [-0.2, -0.15) is 5.10 Å². The number of nitrogens with zero attached hydrogens (tertiary/aromatic N) is 5. The fourth-order valence-electron chi connectivity index (χ4n) is 3.85. The molecule has 122 valence electrons. The van der Waals surface area contributed by atoms with Gasteiger partial charge in [0, 0.05) is 57.4 Å². The third kappa shape index (κ3) is 2.80. The van der Waals surface area contributed by atoms with Crippen LogP contribution < -0.4 is 0 Å². The molecule has 1 aromatic heterocycles. The highest BCUT2D eigenvalue weighted by atomic mass is 16.5. The second-order valence-electron chi connectivity index (χ2n) is 6.71. The van der Waals surface area contributed by atoms with E-state index in [4.69, 9.17) is 4.74 Å². The number of fused-ring (bicyclic) bond motifs is 1. The van der Waals surface area contributed by atoms with E-state index >= 15 is 0 Å². The number of rotatable bonds is 4. The number of hydrogen-bond donors (Lipinski definition) is 0. The molecule has 0 atom stereocenters. The zero-order valence-electron chi connectivity index (χ0n) is 13.6. The molecule has 0 radical (unpaired) electrons. The summed E-state index contributed by atoms with van der Waals surface area (Å²) in [6, 6.07) is 0.765. The molecule has 0 aliphatic carbocycles. The van der Waals surface area contributed by atoms with Crippen molar-refractivity contribution in [1.82, 2.24) is 24.5 Å². The van der Waals surface area contributed by atoms with Gasteiger partial charge in [0.25, 0.3) is 0 Å². The lowest BCUT2D eigenvalue weighted by Gasteiger charge is -2.48. The van der Waals surface area contributed by atoms with Crippen LogP contribution in [0.2, 0.25) is 0 Å². The monoisotopic (exact) mass is 305 g/mol. The number of likely N-dealkylation sites (tertiary alicyclic amines) is 1. The summed E-state index contributed by atoms with van der Waals surface area (Å²) in [6.07, 6.45) is 2.04. The highest BCUT2D eigenvalue weighted by molar-refractivity contribution is 5.18. The Kier molecular flexibility index (Phi) is 4.17. The maximum atomic E-state index is 5.57. The topological polar surface area (TPSA) is 36.8 Å². The summed E-state index contributed by atoms with van der Waals surface area (Å²) < 4.78 is 7.68. The van der Waals surface area contributed by atoms with Crippen molar-refractivity contribution in [3.05, 3.63) is 17.5 Å². The molecule has 0 amide bonds. The highest BCUT2D eigenvalue weighted by Gasteiger charge is 2.33. The van der Waals surface area contributed by atoms with Gasteiger partial charge in [-0.25, -0.2) is 0 Å². The van der Waals surface area contributed by atoms with E-state index in [0.29, 0.717) is 0 Å². The second kappa shape index (κ2) is 6.28. The lowest BCUT2D eigenvalue weighted by atomic mass is 10.0. The Morgan fingerprint density at radius 1 is 1.14 bits per heavy atom. The van der Waals surface area contributed by atoms with Gasteiger partial charge < -0.3 is 9.64 Å². The van der Waals surface area contributed by atoms with Gasteiger partial charge in [0.05, 0.1) is 31.6 Å². The van der Waals surface area contributed by atoms with Crippen LogP contribution in [-0.2, 0) is 24.4 Å². The average Bonchev–Trinajstić information content (AvgIpc) is 2.94. The van der Waals surface area contributed by atoms with Crippen molar-refractivity contribution in [3.8, 4) is 0 Å². The Morgan fingerprint density at radius 2 is 1.95 bits per heavy atom. The van der Waals surface area contributed by atoms with Gasteiger partial charge in [0.1, 0.15) is 0 Å². The maximum Gasteiger partial charge on any atom is 0.0889 e. The van der Waals surface area contributed by atoms with E-state index in [0.717, 1.165) is 32.3 Å². The molecule has 0 bridgehead atoms. The van der Waals surface area contributed by atoms with Gasteiger partial charge >= 0.3 is 0 Å². The molecule has 3 aliphatic rings. The van der Waals surface area contributed by atoms with Crippen LogP contribution in [0.1, 0.15) is 18.2 Å². The largest absolute Gasteiger partial charge is 0.373 e. The first kappa shape index (κ1) is 14.6. The standard InChI is InChI=1S/C16H27N5O/c1-2-18-3-5-20(6-4-18)15-11-19(12-15)10-14-9-17-21-7-8-22-13-16(14)21/h9,15H,2-8,10-13H2,1H3. The maximum absolute atomic E-state index is 5.57. The zero-order chi connectivity index (χ0) is 14.9. The van der Waals surface area contributed by atoms with Gasteiger partial charge in [-0.05, 0) is 6.54 Å². The van der Waals surface area contributed by atoms with Crippen LogP contribution in [0.15, 0.2) is 6.20 Å². The fraction of sp³-hybridized carbons (Fsp3) is 0.812. The zero-order valence-corrected chi connectivity index (χ0v) is 13.6. The molecule has 2 saturated heterocycles. The molecule has 0 spiro atoms. The molecule has 6 heteroatoms. The van der Waals surface area contributed by atoms with Crippen molar-refractivity contribution < 1.29 is 4.74 Å². The van der Waals surface area contributed by atoms with Crippen molar-refractivity contribution in [2.24, 2.45) is 0 Å². The molecule has 0 unspecified atom stereocenters. The van der Waals surface area contributed by atoms with Crippen molar-refractivity contribution in [2.45, 2.75) is 32.7 Å². The highest BCUT2D eigenvalue weighted by Crippen LogP contribution is 2.22. The number of aromatic nitrogens is 2. The Balaban J connectivity index is 1.27. The number of hydrogen-bond acceptors (Lipinski definition) is 5. The van der Waals surface area contributed by atoms with Gasteiger partial charge in [0.2, 0.25) is 0 Å². The molecule has 22 heavy (non-hydrogen) atoms. The third-order valence-electron chi connectivity index (χ3n) is 5.42. The van der Waals surface area contributed by atoms with Crippen molar-refractivity contribution in [2.75, 3.05) is 52.4 Å². The van der Waals surface area contributed by atoms with Crippen molar-refractivity contribution in [3.63, 3.8) is 0 Å². The molecule has 0 aromatic carbocycles. The van der Waals surface area contributed by atoms with Crippen LogP contribution in [0.3, 0.4) is 0 Å². The summed E-state index contributed by atoms with van der Waals surface area (Å²) in [5.74, 6) is 0. The molecular weight excluding hydrogens is 278 g/mol. The molecule has 0 saturated carbocycles. The van der Waals surface area contributed by atoms with E-state index in [1.807, 2.05) is 6.20 Å². The molecule has 4 heterocycles. The minimum atomic E-state index is 0.728. The Hall–Kier alpha value is -0.950. The van der Waals surface area contributed by atoms with E-state index < -0.39 is 0 Å². The summed E-state index contributed by atoms with van der Waals surface area (Å²) >= 11 is 0. The first-order valence-electron chi connectivity index (χ1n) is 8.63. The summed E-state index contributed by atoms with van der Waals surface area (Å²) in [5.41, 5.74) is 2.64. The smallest absolute Gasteiger partial charge is 0.0889 e. The molecule has 0 N–H and O–H groups in total. The first-order chi connectivity index (χ1) is 10.8. The van der Waals surface area contributed by atoms with Crippen LogP contribution in [0.5, 0.6) is 0 Å². The quantitative estimate of drug-likeness (QED) is 0.796. The summed E-state index contributed by atoms with van der Waals surface area (Å²) in [5, 5.41) is 4.49. The lowest BCUT2D eigenvalue weighted by Crippen LogP contribution is -2.62. The summed E-state index contributed by atoms with van der Waals surface area (Å²) in [6.45, 7) is 14.3. The number of ether oxygens (including phenoxy) is 1. The molecule has 2 fully saturated rings. The predicted octanol–water partition coefficient (Wildman–Crippen LogP) is 0.235. The predicted molar refractivity (Wildman–Crippen MR) is 84.6 cm³/mol. The number of piperazine rings is 1. The first-order valence-corrected chi connectivity index (χ1v) is 8.63. The van der Waals surface area contributed by atoms with Crippen LogP contribution in [-0.4, -0.2) is 82.9 Å².